The molecular formula is C8H11N3. The molecule has 0 aliphatic rings. The minimum atomic E-state index is 0.464. The number of aromatic nitrogens is 2. The summed E-state index contributed by atoms with van der Waals surface area (Å²) in [6.45, 7) is 4.90. The van der Waals surface area contributed by atoms with E-state index in [4.69, 9.17) is 5.26 Å². The molecule has 1 aromatic heterocycles. The second-order valence-electron chi connectivity index (χ2n) is 2.41. The third kappa shape index (κ3) is 1.40. The molecule has 0 saturated heterocycles. The maximum absolute atomic E-state index is 8.44. The Labute approximate surface area is 66.3 Å². The van der Waals surface area contributed by atoms with Gasteiger partial charge in [0.05, 0.1) is 18.7 Å². The molecule has 0 aliphatic heterocycles. The predicted molar refractivity (Wildman–Crippen MR) is 42.0 cm³/mol. The van der Waals surface area contributed by atoms with E-state index in [1.54, 1.807) is 6.20 Å². The van der Waals surface area contributed by atoms with Crippen molar-refractivity contribution in [3.63, 3.8) is 0 Å². The van der Waals surface area contributed by atoms with Crippen LogP contribution < -0.4 is 0 Å². The number of aryl methyl sites for hydroxylation is 1. The minimum Gasteiger partial charge on any atom is -0.270 e. The van der Waals surface area contributed by atoms with E-state index in [0.717, 1.165) is 17.8 Å². The summed E-state index contributed by atoms with van der Waals surface area (Å²) in [6.07, 6.45) is 2.23. The van der Waals surface area contributed by atoms with Crippen LogP contribution in [0.3, 0.4) is 0 Å². The number of hydrogen-bond donors (Lipinski definition) is 0. The number of nitrogens with zero attached hydrogens (tertiary/aromatic N) is 3. The summed E-state index contributed by atoms with van der Waals surface area (Å²) >= 11 is 0. The van der Waals surface area contributed by atoms with Crippen LogP contribution in [0.4, 0.5) is 0 Å². The Morgan fingerprint density at radius 2 is 2.45 bits per heavy atom. The second kappa shape index (κ2) is 3.20. The Hall–Kier alpha value is -1.30. The zero-order chi connectivity index (χ0) is 8.27. The lowest BCUT2D eigenvalue weighted by molar-refractivity contribution is 0.639. The van der Waals surface area contributed by atoms with Crippen molar-refractivity contribution in [2.24, 2.45) is 0 Å². The molecule has 0 unspecified atom stereocenters. The Bertz CT molecular complexity index is 280. The number of hydrogen-bond acceptors (Lipinski definition) is 2. The molecule has 0 N–H and O–H groups in total. The predicted octanol–water partition coefficient (Wildman–Crippen LogP) is 1.28. The largest absolute Gasteiger partial charge is 0.270 e. The quantitative estimate of drug-likeness (QED) is 0.635. The Morgan fingerprint density at radius 1 is 1.73 bits per heavy atom. The van der Waals surface area contributed by atoms with E-state index >= 15 is 0 Å². The van der Waals surface area contributed by atoms with E-state index < -0.39 is 0 Å². The van der Waals surface area contributed by atoms with Gasteiger partial charge >= 0.3 is 0 Å². The summed E-state index contributed by atoms with van der Waals surface area (Å²) < 4.78 is 1.90. The van der Waals surface area contributed by atoms with Crippen molar-refractivity contribution in [1.29, 1.82) is 5.26 Å². The smallest absolute Gasteiger partial charge is 0.0671 e. The van der Waals surface area contributed by atoms with Gasteiger partial charge in [0.1, 0.15) is 0 Å². The lowest BCUT2D eigenvalue weighted by atomic mass is 10.2. The third-order valence-corrected chi connectivity index (χ3v) is 1.77. The molecule has 1 aromatic rings. The second-order valence-corrected chi connectivity index (χ2v) is 2.41. The van der Waals surface area contributed by atoms with E-state index in [1.807, 2.05) is 18.5 Å². The molecule has 0 aliphatic carbocycles. The van der Waals surface area contributed by atoms with Crippen molar-refractivity contribution in [3.8, 4) is 6.07 Å². The fourth-order valence-electron chi connectivity index (χ4n) is 1.06. The lowest BCUT2D eigenvalue weighted by Crippen LogP contribution is -1.98. The molecule has 0 spiro atoms. The Kier molecular flexibility index (Phi) is 2.27. The van der Waals surface area contributed by atoms with Crippen LogP contribution >= 0.6 is 0 Å². The van der Waals surface area contributed by atoms with Gasteiger partial charge in [-0.2, -0.15) is 10.4 Å². The van der Waals surface area contributed by atoms with Crippen LogP contribution in [-0.2, 0) is 13.0 Å². The summed E-state index contributed by atoms with van der Waals surface area (Å²) in [7, 11) is 0. The molecule has 0 aromatic carbocycles. The van der Waals surface area contributed by atoms with Crippen molar-refractivity contribution in [2.75, 3.05) is 0 Å². The van der Waals surface area contributed by atoms with Gasteiger partial charge in [-0.25, -0.2) is 0 Å². The van der Waals surface area contributed by atoms with Crippen molar-refractivity contribution in [2.45, 2.75) is 26.8 Å². The molecule has 3 nitrogen and oxygen atoms in total. The van der Waals surface area contributed by atoms with Gasteiger partial charge in [-0.3, -0.25) is 4.68 Å². The first-order chi connectivity index (χ1) is 5.29. The first-order valence-electron chi connectivity index (χ1n) is 3.67. The molecule has 0 saturated carbocycles. The maximum Gasteiger partial charge on any atom is 0.0671 e. The van der Waals surface area contributed by atoms with Crippen molar-refractivity contribution >= 4 is 0 Å². The van der Waals surface area contributed by atoms with Gasteiger partial charge in [-0.15, -0.1) is 0 Å². The van der Waals surface area contributed by atoms with Gasteiger partial charge in [-0.1, -0.05) is 0 Å². The van der Waals surface area contributed by atoms with Gasteiger partial charge in [0.15, 0.2) is 0 Å². The van der Waals surface area contributed by atoms with Gasteiger partial charge in [-0.05, 0) is 13.8 Å². The molecule has 3 heteroatoms. The monoisotopic (exact) mass is 149 g/mol. The molecule has 0 amide bonds. The fraction of sp³-hybridized carbons (Fsp3) is 0.500. The normalized spacial score (nSPS) is 9.55. The number of nitriles is 1. The van der Waals surface area contributed by atoms with Crippen molar-refractivity contribution < 1.29 is 0 Å². The highest BCUT2D eigenvalue weighted by atomic mass is 15.3. The zero-order valence-corrected chi connectivity index (χ0v) is 6.83. The molecule has 58 valence electrons. The van der Waals surface area contributed by atoms with E-state index in [-0.39, 0.29) is 0 Å². The molecule has 0 fully saturated rings. The summed E-state index contributed by atoms with van der Waals surface area (Å²) in [5.74, 6) is 0. The molecular weight excluding hydrogens is 138 g/mol. The first-order valence-corrected chi connectivity index (χ1v) is 3.67. The van der Waals surface area contributed by atoms with Crippen LogP contribution in [0.1, 0.15) is 18.2 Å². The van der Waals surface area contributed by atoms with Gasteiger partial charge < -0.3 is 0 Å². The zero-order valence-electron chi connectivity index (χ0n) is 6.83. The van der Waals surface area contributed by atoms with Gasteiger partial charge in [0, 0.05) is 17.8 Å². The van der Waals surface area contributed by atoms with Crippen molar-refractivity contribution in [1.82, 2.24) is 9.78 Å². The average Bonchev–Trinajstić information content (AvgIpc) is 2.34. The first kappa shape index (κ1) is 7.80. The van der Waals surface area contributed by atoms with E-state index in [2.05, 4.69) is 11.2 Å². The third-order valence-electron chi connectivity index (χ3n) is 1.77. The summed E-state index contributed by atoms with van der Waals surface area (Å²) in [6, 6.07) is 2.11. The highest BCUT2D eigenvalue weighted by Gasteiger charge is 2.02. The molecule has 0 atom stereocenters. The van der Waals surface area contributed by atoms with Crippen LogP contribution in [0, 0.1) is 18.3 Å². The lowest BCUT2D eigenvalue weighted by Gasteiger charge is -1.98. The van der Waals surface area contributed by atoms with E-state index in [9.17, 15) is 0 Å². The van der Waals surface area contributed by atoms with Crippen molar-refractivity contribution in [3.05, 3.63) is 17.5 Å². The van der Waals surface area contributed by atoms with E-state index in [0.29, 0.717) is 6.42 Å². The molecule has 1 heterocycles. The maximum atomic E-state index is 8.44. The molecule has 1 rings (SSSR count). The molecule has 0 bridgehead atoms. The van der Waals surface area contributed by atoms with Crippen LogP contribution in [0.2, 0.25) is 0 Å². The standard InChI is InChI=1S/C8H11N3/c1-3-11-7(2)8(4-5-9)6-10-11/h6H,3-4H2,1-2H3. The van der Waals surface area contributed by atoms with Crippen LogP contribution in [0.5, 0.6) is 0 Å². The summed E-state index contributed by atoms with van der Waals surface area (Å²) in [4.78, 5) is 0. The minimum absolute atomic E-state index is 0.464. The SMILES string of the molecule is CCn1ncc(CC#N)c1C. The van der Waals surface area contributed by atoms with E-state index in [1.165, 1.54) is 0 Å². The topological polar surface area (TPSA) is 41.6 Å². The summed E-state index contributed by atoms with van der Waals surface area (Å²) in [5.41, 5.74) is 2.14. The number of rotatable bonds is 2. The fourth-order valence-corrected chi connectivity index (χ4v) is 1.06. The Morgan fingerprint density at radius 3 is 2.91 bits per heavy atom. The highest BCUT2D eigenvalue weighted by molar-refractivity contribution is 5.19. The molecule has 11 heavy (non-hydrogen) atoms. The Balaban J connectivity index is 2.93. The highest BCUT2D eigenvalue weighted by Crippen LogP contribution is 2.06. The summed E-state index contributed by atoms with van der Waals surface area (Å²) in [5, 5.41) is 12.6. The van der Waals surface area contributed by atoms with Crippen LogP contribution in [-0.4, -0.2) is 9.78 Å². The van der Waals surface area contributed by atoms with Crippen LogP contribution in [0.15, 0.2) is 6.20 Å². The van der Waals surface area contributed by atoms with Gasteiger partial charge in [0.25, 0.3) is 0 Å². The molecule has 0 radical (unpaired) electrons. The van der Waals surface area contributed by atoms with Crippen LogP contribution in [0.25, 0.3) is 0 Å². The van der Waals surface area contributed by atoms with Gasteiger partial charge in [0.2, 0.25) is 0 Å². The average molecular weight is 149 g/mol.